The normalized spacial score (nSPS) is 10.1. The summed E-state index contributed by atoms with van der Waals surface area (Å²) in [5.41, 5.74) is 1.45. The molecule has 0 amide bonds. The Morgan fingerprint density at radius 1 is 1.25 bits per heavy atom. The van der Waals surface area contributed by atoms with Crippen molar-refractivity contribution in [3.8, 4) is 11.4 Å². The Kier molecular flexibility index (Phi) is 2.72. The fourth-order valence-electron chi connectivity index (χ4n) is 1.42. The van der Waals surface area contributed by atoms with Crippen molar-refractivity contribution in [1.82, 2.24) is 9.78 Å². The monoisotopic (exact) mass is 216 g/mol. The first kappa shape index (κ1) is 10.4. The zero-order valence-electron chi connectivity index (χ0n) is 9.18. The predicted octanol–water partition coefficient (Wildman–Crippen LogP) is 1.55. The largest absolute Gasteiger partial charge is 0.497 e. The molecule has 2 rings (SSSR count). The van der Waals surface area contributed by atoms with Gasteiger partial charge in [-0.3, -0.25) is 4.79 Å². The molecule has 16 heavy (non-hydrogen) atoms. The minimum Gasteiger partial charge on any atom is -0.497 e. The van der Waals surface area contributed by atoms with Gasteiger partial charge >= 0.3 is 0 Å². The minimum atomic E-state index is -0.134. The van der Waals surface area contributed by atoms with Crippen LogP contribution in [0.25, 0.3) is 5.69 Å². The molecule has 4 heteroatoms. The summed E-state index contributed by atoms with van der Waals surface area (Å²) in [6.07, 6.45) is 1.66. The Morgan fingerprint density at radius 2 is 1.94 bits per heavy atom. The van der Waals surface area contributed by atoms with E-state index in [1.807, 2.05) is 6.92 Å². The molecule has 0 radical (unpaired) electrons. The van der Waals surface area contributed by atoms with Crippen LogP contribution in [0.4, 0.5) is 0 Å². The lowest BCUT2D eigenvalue weighted by Gasteiger charge is -2.05. The molecule has 4 nitrogen and oxygen atoms in total. The first-order valence-electron chi connectivity index (χ1n) is 4.91. The third-order valence-electron chi connectivity index (χ3n) is 2.25. The number of rotatable bonds is 2. The Bertz CT molecular complexity index is 544. The van der Waals surface area contributed by atoms with Gasteiger partial charge in [0.25, 0.3) is 5.56 Å². The molecule has 0 bridgehead atoms. The van der Waals surface area contributed by atoms with E-state index in [2.05, 4.69) is 5.10 Å². The standard InChI is InChI=1S/C12H12N2O2/c1-9-7-12(15)14(13-8-9)10-3-5-11(16-2)6-4-10/h3-8H,1-2H3. The maximum Gasteiger partial charge on any atom is 0.271 e. The van der Waals surface area contributed by atoms with Gasteiger partial charge in [0.1, 0.15) is 5.75 Å². The Labute approximate surface area is 93.1 Å². The predicted molar refractivity (Wildman–Crippen MR) is 61.1 cm³/mol. The Hall–Kier alpha value is -2.10. The molecule has 0 aliphatic rings. The van der Waals surface area contributed by atoms with E-state index in [4.69, 9.17) is 4.74 Å². The summed E-state index contributed by atoms with van der Waals surface area (Å²) in [6.45, 7) is 1.84. The molecule has 0 fully saturated rings. The van der Waals surface area contributed by atoms with Gasteiger partial charge in [-0.25, -0.2) is 0 Å². The van der Waals surface area contributed by atoms with E-state index in [9.17, 15) is 4.79 Å². The molecule has 2 aromatic rings. The van der Waals surface area contributed by atoms with Crippen molar-refractivity contribution in [2.75, 3.05) is 7.11 Å². The summed E-state index contributed by atoms with van der Waals surface area (Å²) in [5.74, 6) is 0.754. The molecule has 0 N–H and O–H groups in total. The molecule has 0 spiro atoms. The maximum absolute atomic E-state index is 11.7. The van der Waals surface area contributed by atoms with E-state index >= 15 is 0 Å². The highest BCUT2D eigenvalue weighted by atomic mass is 16.5. The average Bonchev–Trinajstić information content (AvgIpc) is 2.29. The van der Waals surface area contributed by atoms with Gasteiger partial charge in [-0.2, -0.15) is 9.78 Å². The van der Waals surface area contributed by atoms with Gasteiger partial charge in [0, 0.05) is 6.07 Å². The van der Waals surface area contributed by atoms with Crippen molar-refractivity contribution in [1.29, 1.82) is 0 Å². The number of ether oxygens (including phenoxy) is 1. The van der Waals surface area contributed by atoms with Gasteiger partial charge in [-0.1, -0.05) is 0 Å². The SMILES string of the molecule is COc1ccc(-n2ncc(C)cc2=O)cc1. The van der Waals surface area contributed by atoms with Crippen LogP contribution in [-0.2, 0) is 0 Å². The smallest absolute Gasteiger partial charge is 0.271 e. The van der Waals surface area contributed by atoms with Crippen LogP contribution in [0.1, 0.15) is 5.56 Å². The van der Waals surface area contributed by atoms with Crippen molar-refractivity contribution in [2.24, 2.45) is 0 Å². The molecular weight excluding hydrogens is 204 g/mol. The lowest BCUT2D eigenvalue weighted by molar-refractivity contribution is 0.414. The molecule has 1 aromatic heterocycles. The third-order valence-corrected chi connectivity index (χ3v) is 2.25. The minimum absolute atomic E-state index is 0.134. The molecule has 0 aliphatic carbocycles. The molecular formula is C12H12N2O2. The summed E-state index contributed by atoms with van der Waals surface area (Å²) in [4.78, 5) is 11.7. The van der Waals surface area contributed by atoms with Crippen molar-refractivity contribution in [3.05, 3.63) is 52.4 Å². The van der Waals surface area contributed by atoms with Gasteiger partial charge in [-0.15, -0.1) is 0 Å². The van der Waals surface area contributed by atoms with Crippen LogP contribution in [0.15, 0.2) is 41.3 Å². The highest BCUT2D eigenvalue weighted by molar-refractivity contribution is 5.36. The molecule has 0 saturated carbocycles. The van der Waals surface area contributed by atoms with E-state index in [1.165, 1.54) is 4.68 Å². The number of hydrogen-bond acceptors (Lipinski definition) is 3. The third kappa shape index (κ3) is 1.95. The summed E-state index contributed by atoms with van der Waals surface area (Å²) in [6, 6.07) is 8.73. The summed E-state index contributed by atoms with van der Waals surface area (Å²) in [7, 11) is 1.60. The molecule has 0 atom stereocenters. The average molecular weight is 216 g/mol. The fraction of sp³-hybridized carbons (Fsp3) is 0.167. The van der Waals surface area contributed by atoms with E-state index in [0.717, 1.165) is 17.0 Å². The molecule has 0 aliphatic heterocycles. The van der Waals surface area contributed by atoms with Gasteiger partial charge in [0.2, 0.25) is 0 Å². The Balaban J connectivity index is 2.46. The highest BCUT2D eigenvalue weighted by Crippen LogP contribution is 2.12. The van der Waals surface area contributed by atoms with Crippen LogP contribution in [0, 0.1) is 6.92 Å². The number of benzene rings is 1. The van der Waals surface area contributed by atoms with Crippen LogP contribution < -0.4 is 10.3 Å². The van der Waals surface area contributed by atoms with Crippen molar-refractivity contribution in [3.63, 3.8) is 0 Å². The first-order chi connectivity index (χ1) is 7.70. The Morgan fingerprint density at radius 3 is 2.50 bits per heavy atom. The highest BCUT2D eigenvalue weighted by Gasteiger charge is 2.01. The van der Waals surface area contributed by atoms with Gasteiger partial charge in [-0.05, 0) is 36.8 Å². The van der Waals surface area contributed by atoms with Gasteiger partial charge < -0.3 is 4.74 Å². The zero-order chi connectivity index (χ0) is 11.5. The second-order valence-electron chi connectivity index (χ2n) is 3.48. The number of hydrogen-bond donors (Lipinski definition) is 0. The summed E-state index contributed by atoms with van der Waals surface area (Å²) < 4.78 is 6.40. The van der Waals surface area contributed by atoms with Crippen molar-refractivity contribution < 1.29 is 4.74 Å². The molecule has 1 heterocycles. The van der Waals surface area contributed by atoms with Gasteiger partial charge in [0.05, 0.1) is 19.0 Å². The maximum atomic E-state index is 11.7. The molecule has 1 aromatic carbocycles. The quantitative estimate of drug-likeness (QED) is 0.765. The van der Waals surface area contributed by atoms with E-state index in [0.29, 0.717) is 0 Å². The van der Waals surface area contributed by atoms with E-state index in [1.54, 1.807) is 43.6 Å². The lowest BCUT2D eigenvalue weighted by Crippen LogP contribution is -2.20. The topological polar surface area (TPSA) is 44.1 Å². The molecule has 82 valence electrons. The van der Waals surface area contributed by atoms with Crippen LogP contribution >= 0.6 is 0 Å². The van der Waals surface area contributed by atoms with E-state index in [-0.39, 0.29) is 5.56 Å². The number of aromatic nitrogens is 2. The summed E-state index contributed by atoms with van der Waals surface area (Å²) in [5, 5.41) is 4.07. The lowest BCUT2D eigenvalue weighted by atomic mass is 10.3. The summed E-state index contributed by atoms with van der Waals surface area (Å²) >= 11 is 0. The molecule has 0 unspecified atom stereocenters. The number of nitrogens with zero attached hydrogens (tertiary/aromatic N) is 2. The van der Waals surface area contributed by atoms with E-state index < -0.39 is 0 Å². The van der Waals surface area contributed by atoms with Crippen LogP contribution in [0.5, 0.6) is 5.75 Å². The van der Waals surface area contributed by atoms with Crippen LogP contribution in [0.3, 0.4) is 0 Å². The molecule has 0 saturated heterocycles. The van der Waals surface area contributed by atoms with Crippen molar-refractivity contribution >= 4 is 0 Å². The van der Waals surface area contributed by atoms with Gasteiger partial charge in [0.15, 0.2) is 0 Å². The number of aryl methyl sites for hydroxylation is 1. The van der Waals surface area contributed by atoms with Crippen LogP contribution in [-0.4, -0.2) is 16.9 Å². The van der Waals surface area contributed by atoms with Crippen molar-refractivity contribution in [2.45, 2.75) is 6.92 Å². The second-order valence-corrected chi connectivity index (χ2v) is 3.48. The zero-order valence-corrected chi connectivity index (χ0v) is 9.18. The number of methoxy groups -OCH3 is 1. The second kappa shape index (κ2) is 4.18. The first-order valence-corrected chi connectivity index (χ1v) is 4.91. The fourth-order valence-corrected chi connectivity index (χ4v) is 1.42. The van der Waals surface area contributed by atoms with Crippen LogP contribution in [0.2, 0.25) is 0 Å².